The van der Waals surface area contributed by atoms with Gasteiger partial charge >= 0.3 is 0 Å². The second-order valence-electron chi connectivity index (χ2n) is 19.3. The molecule has 0 fully saturated rings. The van der Waals surface area contributed by atoms with E-state index in [1.165, 1.54) is 0 Å². The summed E-state index contributed by atoms with van der Waals surface area (Å²) in [5, 5.41) is 6.02. The second-order valence-corrected chi connectivity index (χ2v) is 22.4. The highest BCUT2D eigenvalue weighted by Gasteiger charge is 2.44. The van der Waals surface area contributed by atoms with Gasteiger partial charge in [0.15, 0.2) is 5.71 Å². The summed E-state index contributed by atoms with van der Waals surface area (Å²) in [7, 11) is -8.43. The second kappa shape index (κ2) is 20.4. The number of unbranched alkanes of at least 4 members (excludes halogenated alkanes) is 2. The van der Waals surface area contributed by atoms with Crippen LogP contribution in [-0.4, -0.2) is 84.7 Å². The van der Waals surface area contributed by atoms with E-state index >= 15 is 0 Å². The first kappa shape index (κ1) is 50.3. The van der Waals surface area contributed by atoms with E-state index in [4.69, 9.17) is 0 Å². The Balaban J connectivity index is 1.55. The third-order valence-corrected chi connectivity index (χ3v) is 14.3. The van der Waals surface area contributed by atoms with Gasteiger partial charge in [-0.1, -0.05) is 62.4 Å². The van der Waals surface area contributed by atoms with E-state index in [2.05, 4.69) is 96.4 Å². The van der Waals surface area contributed by atoms with E-state index in [0.717, 1.165) is 69.0 Å². The van der Waals surface area contributed by atoms with Gasteiger partial charge in [-0.05, 0) is 138 Å². The Kier molecular flexibility index (Phi) is 15.5. The molecule has 0 bridgehead atoms. The number of carbonyl (C=O) groups excluding carboxylic acids is 2. The molecule has 3 aliphatic rings. The zero-order valence-corrected chi connectivity index (χ0v) is 41.2. The molecule has 2 aliphatic heterocycles. The minimum Gasteiger partial charge on any atom is -0.748 e. The average Bonchev–Trinajstić information content (AvgIpc) is 3.58. The average molecular weight is 939 g/mol. The summed E-state index contributed by atoms with van der Waals surface area (Å²) in [5.41, 5.74) is 10.0. The maximum absolute atomic E-state index is 13.8. The topological polar surface area (TPSA) is 176 Å². The fourth-order valence-electron chi connectivity index (χ4n) is 9.58. The van der Waals surface area contributed by atoms with Crippen molar-refractivity contribution in [1.29, 1.82) is 0 Å². The Morgan fingerprint density at radius 3 is 2.00 bits per heavy atom. The normalized spacial score (nSPS) is 18.3. The number of rotatable bonds is 18. The number of allylic oxidation sites excluding steroid dienone is 8. The highest BCUT2D eigenvalue weighted by Crippen LogP contribution is 2.48. The molecular formula is C52H66N4O8S2. The zero-order valence-electron chi connectivity index (χ0n) is 39.6. The summed E-state index contributed by atoms with van der Waals surface area (Å²) >= 11 is 0. The molecule has 0 radical (unpaired) electrons. The lowest BCUT2D eigenvalue weighted by molar-refractivity contribution is -0.438. The van der Waals surface area contributed by atoms with Crippen molar-refractivity contribution in [2.24, 2.45) is 0 Å². The summed E-state index contributed by atoms with van der Waals surface area (Å²) in [6.45, 7) is 17.4. The number of nitrogens with zero attached hydrogens (tertiary/aromatic N) is 2. The molecule has 3 aromatic carbocycles. The van der Waals surface area contributed by atoms with Crippen molar-refractivity contribution in [3.8, 4) is 0 Å². The minimum atomic E-state index is -4.34. The van der Waals surface area contributed by atoms with Gasteiger partial charge < -0.3 is 20.1 Å². The summed E-state index contributed by atoms with van der Waals surface area (Å²) < 4.78 is 69.3. The van der Waals surface area contributed by atoms with Crippen LogP contribution in [0, 0.1) is 0 Å². The number of anilines is 1. The molecule has 0 atom stereocenters. The van der Waals surface area contributed by atoms with Gasteiger partial charge in [0.25, 0.3) is 21.9 Å². The first-order chi connectivity index (χ1) is 31.0. The lowest BCUT2D eigenvalue weighted by Crippen LogP contribution is -2.32. The van der Waals surface area contributed by atoms with Crippen molar-refractivity contribution in [3.05, 3.63) is 136 Å². The highest BCUT2D eigenvalue weighted by atomic mass is 32.2. The monoisotopic (exact) mass is 938 g/mol. The first-order valence-electron chi connectivity index (χ1n) is 23.1. The highest BCUT2D eigenvalue weighted by molar-refractivity contribution is 7.85. The Bertz CT molecular complexity index is 2700. The Labute approximate surface area is 392 Å². The van der Waals surface area contributed by atoms with Crippen LogP contribution in [0.25, 0.3) is 5.57 Å². The molecule has 0 saturated carbocycles. The maximum Gasteiger partial charge on any atom is 0.264 e. The summed E-state index contributed by atoms with van der Waals surface area (Å²) in [4.78, 5) is 29.8. The van der Waals surface area contributed by atoms with Gasteiger partial charge in [0.1, 0.15) is 6.54 Å². The van der Waals surface area contributed by atoms with E-state index in [1.54, 1.807) is 6.07 Å². The molecular weight excluding hydrogens is 873 g/mol. The van der Waals surface area contributed by atoms with Crippen LogP contribution in [-0.2, 0) is 31.1 Å². The molecule has 3 aromatic rings. The standard InChI is InChI=1S/C52H66N4O8S2/c1-35(2)53-49(57)40-32-39(33-41(34-40)50(58)54-36(3)4)48-37(24-26-46-51(5,6)42-20-9-11-22-44(42)55(46)28-13-15-30-65(59,60)61)18-17-19-38(48)25-27-47-52(7,8)43-21-10-12-23-45(43)56(47)29-14-16-31-66(62,63)64/h9-12,20-27,32-36H,13-19,28-31H2,1-8H3,(H3-,53,54,57,58,59,60,61,62,63,64). The van der Waals surface area contributed by atoms with Crippen LogP contribution >= 0.6 is 0 Å². The van der Waals surface area contributed by atoms with Gasteiger partial charge in [-0.25, -0.2) is 8.42 Å². The number of para-hydroxylation sites is 2. The molecule has 3 N–H and O–H groups in total. The maximum atomic E-state index is 13.8. The lowest BCUT2D eigenvalue weighted by Gasteiger charge is -2.28. The van der Waals surface area contributed by atoms with E-state index < -0.39 is 36.8 Å². The van der Waals surface area contributed by atoms with Gasteiger partial charge in [-0.3, -0.25) is 14.1 Å². The minimum absolute atomic E-state index is 0.137. The third kappa shape index (κ3) is 11.9. The molecule has 12 nitrogen and oxygen atoms in total. The van der Waals surface area contributed by atoms with Gasteiger partial charge in [-0.15, -0.1) is 0 Å². The zero-order chi connectivity index (χ0) is 48.2. The molecule has 1 aliphatic carbocycles. The van der Waals surface area contributed by atoms with Crippen LogP contribution in [0.5, 0.6) is 0 Å². The number of carbonyl (C=O) groups is 2. The lowest BCUT2D eigenvalue weighted by atomic mass is 9.79. The molecule has 0 spiro atoms. The number of fused-ring (bicyclic) bond motifs is 2. The van der Waals surface area contributed by atoms with E-state index in [0.29, 0.717) is 49.9 Å². The molecule has 6 rings (SSSR count). The SMILES string of the molecule is CC(C)NC(=O)c1cc(C(=O)NC(C)C)cc(C2=C(/C=C/C3=[N+](CCCCS(=O)(=O)O)c4ccccc4C3(C)C)CCC/C2=C\C=C2\N(CCCCS(=O)(=O)[O-])c3ccccc3C2(C)C)c1. The van der Waals surface area contributed by atoms with E-state index in [-0.39, 0.29) is 36.1 Å². The molecule has 0 aromatic heterocycles. The van der Waals surface area contributed by atoms with Crippen LogP contribution in [0.4, 0.5) is 11.4 Å². The van der Waals surface area contributed by atoms with Crippen molar-refractivity contribution in [1.82, 2.24) is 10.6 Å². The molecule has 2 amide bonds. The molecule has 0 unspecified atom stereocenters. The van der Waals surface area contributed by atoms with Crippen LogP contribution in [0.2, 0.25) is 0 Å². The quantitative estimate of drug-likeness (QED) is 0.0638. The molecule has 14 heteroatoms. The van der Waals surface area contributed by atoms with Crippen molar-refractivity contribution >= 4 is 54.7 Å². The molecule has 0 saturated heterocycles. The van der Waals surface area contributed by atoms with Gasteiger partial charge in [0, 0.05) is 76.4 Å². The third-order valence-electron chi connectivity index (χ3n) is 12.7. The van der Waals surface area contributed by atoms with Gasteiger partial charge in [0.2, 0.25) is 5.69 Å². The van der Waals surface area contributed by atoms with Crippen molar-refractivity contribution in [3.63, 3.8) is 0 Å². The Morgan fingerprint density at radius 1 is 0.773 bits per heavy atom. The number of hydrogen-bond acceptors (Lipinski definition) is 8. The van der Waals surface area contributed by atoms with Crippen molar-refractivity contribution in [2.45, 2.75) is 123 Å². The van der Waals surface area contributed by atoms with E-state index in [9.17, 15) is 35.5 Å². The number of nitrogens with one attached hydrogen (secondary N) is 2. The van der Waals surface area contributed by atoms with Crippen LogP contribution in [0.1, 0.15) is 138 Å². The summed E-state index contributed by atoms with van der Waals surface area (Å²) in [6, 6.07) is 21.5. The number of hydrogen-bond donors (Lipinski definition) is 3. The van der Waals surface area contributed by atoms with Gasteiger partial charge in [-0.2, -0.15) is 13.0 Å². The molecule has 354 valence electrons. The van der Waals surface area contributed by atoms with Gasteiger partial charge in [0.05, 0.1) is 21.3 Å². The summed E-state index contributed by atoms with van der Waals surface area (Å²) in [6.07, 6.45) is 12.5. The van der Waals surface area contributed by atoms with Crippen LogP contribution in [0.3, 0.4) is 0 Å². The fourth-order valence-corrected chi connectivity index (χ4v) is 10.7. The molecule has 66 heavy (non-hydrogen) atoms. The Morgan fingerprint density at radius 2 is 1.38 bits per heavy atom. The number of amides is 2. The molecule has 2 heterocycles. The Hall–Kier alpha value is -5.15. The fraction of sp³-hybridized carbons (Fsp3) is 0.442. The van der Waals surface area contributed by atoms with Crippen molar-refractivity contribution < 1.29 is 40.1 Å². The van der Waals surface area contributed by atoms with Crippen molar-refractivity contribution in [2.75, 3.05) is 29.5 Å². The summed E-state index contributed by atoms with van der Waals surface area (Å²) in [5.74, 6) is -1.30. The predicted molar refractivity (Wildman–Crippen MR) is 263 cm³/mol. The number of benzene rings is 3. The van der Waals surface area contributed by atoms with E-state index in [1.807, 2.05) is 64.1 Å². The van der Waals surface area contributed by atoms with Crippen LogP contribution < -0.4 is 15.5 Å². The predicted octanol–water partition coefficient (Wildman–Crippen LogP) is 9.13. The first-order valence-corrected chi connectivity index (χ1v) is 26.3. The largest absolute Gasteiger partial charge is 0.748 e. The smallest absolute Gasteiger partial charge is 0.264 e. The van der Waals surface area contributed by atoms with Crippen LogP contribution in [0.15, 0.2) is 108 Å².